The molecule has 6 rings (SSSR count). The molecule has 0 aliphatic carbocycles. The number of rotatable bonds is 6. The SMILES string of the molecule is COc1cccc(C2CN3C(=O)CN(CCc4ccc(Cl)cc4)C(=O)C3(C)c3[nH]c4ccccc4c32)c1OC. The Balaban J connectivity index is 1.46. The van der Waals surface area contributed by atoms with E-state index in [2.05, 4.69) is 11.1 Å². The number of nitrogens with one attached hydrogen (secondary N) is 1. The number of fused-ring (bicyclic) bond motifs is 5. The number of hydrogen-bond donors (Lipinski definition) is 1. The molecule has 3 heterocycles. The fraction of sp³-hybridized carbons (Fsp3) is 0.290. The molecule has 0 spiro atoms. The molecule has 0 radical (unpaired) electrons. The van der Waals surface area contributed by atoms with Gasteiger partial charge in [0, 0.05) is 40.5 Å². The lowest BCUT2D eigenvalue weighted by atomic mass is 9.76. The zero-order valence-corrected chi connectivity index (χ0v) is 22.9. The van der Waals surface area contributed by atoms with Crippen molar-refractivity contribution in [1.82, 2.24) is 14.8 Å². The van der Waals surface area contributed by atoms with Crippen molar-refractivity contribution < 1.29 is 19.1 Å². The van der Waals surface area contributed by atoms with E-state index in [1.165, 1.54) is 0 Å². The second kappa shape index (κ2) is 9.65. The highest BCUT2D eigenvalue weighted by atomic mass is 35.5. The van der Waals surface area contributed by atoms with Crippen LogP contribution in [0.1, 0.15) is 35.2 Å². The number of aromatic nitrogens is 1. The van der Waals surface area contributed by atoms with Crippen LogP contribution in [0.15, 0.2) is 66.7 Å². The first kappa shape index (κ1) is 25.3. The first-order chi connectivity index (χ1) is 18.9. The van der Waals surface area contributed by atoms with Crippen LogP contribution < -0.4 is 9.47 Å². The molecule has 2 unspecified atom stereocenters. The molecule has 1 saturated heterocycles. The van der Waals surface area contributed by atoms with Gasteiger partial charge in [0.05, 0.1) is 26.5 Å². The molecule has 1 N–H and O–H groups in total. The maximum Gasteiger partial charge on any atom is 0.254 e. The van der Waals surface area contributed by atoms with Crippen LogP contribution in [0.25, 0.3) is 10.9 Å². The van der Waals surface area contributed by atoms with Gasteiger partial charge in [0.25, 0.3) is 5.91 Å². The quantitative estimate of drug-likeness (QED) is 0.366. The predicted molar refractivity (Wildman–Crippen MR) is 150 cm³/mol. The summed E-state index contributed by atoms with van der Waals surface area (Å²) in [6.45, 7) is 2.71. The highest BCUT2D eigenvalue weighted by molar-refractivity contribution is 6.30. The molecule has 1 fully saturated rings. The zero-order valence-electron chi connectivity index (χ0n) is 22.2. The van der Waals surface area contributed by atoms with Crippen molar-refractivity contribution in [3.05, 3.63) is 94.1 Å². The third-order valence-electron chi connectivity index (χ3n) is 8.21. The number of halogens is 1. The van der Waals surface area contributed by atoms with Gasteiger partial charge < -0.3 is 24.3 Å². The Morgan fingerprint density at radius 2 is 1.77 bits per heavy atom. The third kappa shape index (κ3) is 3.95. The Bertz CT molecular complexity index is 1580. The summed E-state index contributed by atoms with van der Waals surface area (Å²) in [4.78, 5) is 35.0. The van der Waals surface area contributed by atoms with Crippen molar-refractivity contribution in [2.45, 2.75) is 24.8 Å². The summed E-state index contributed by atoms with van der Waals surface area (Å²) in [5, 5.41) is 1.70. The number of carbonyl (C=O) groups is 2. The molecule has 0 bridgehead atoms. The topological polar surface area (TPSA) is 74.9 Å². The van der Waals surface area contributed by atoms with Crippen LogP contribution in [0.5, 0.6) is 11.5 Å². The van der Waals surface area contributed by atoms with Gasteiger partial charge in [-0.3, -0.25) is 9.59 Å². The maximum absolute atomic E-state index is 14.3. The highest BCUT2D eigenvalue weighted by Crippen LogP contribution is 2.50. The average Bonchev–Trinajstić information content (AvgIpc) is 3.35. The number of para-hydroxylation sites is 2. The molecule has 1 aromatic heterocycles. The minimum Gasteiger partial charge on any atom is -0.493 e. The number of H-pyrrole nitrogens is 1. The van der Waals surface area contributed by atoms with Crippen molar-refractivity contribution in [3.8, 4) is 11.5 Å². The molecule has 2 aliphatic heterocycles. The molecule has 2 aliphatic rings. The monoisotopic (exact) mass is 543 g/mol. The number of aromatic amines is 1. The summed E-state index contributed by atoms with van der Waals surface area (Å²) in [6, 6.07) is 21.4. The van der Waals surface area contributed by atoms with Gasteiger partial charge in [-0.05, 0) is 48.7 Å². The summed E-state index contributed by atoms with van der Waals surface area (Å²) in [7, 11) is 3.24. The molecular weight excluding hydrogens is 514 g/mol. The van der Waals surface area contributed by atoms with Crippen LogP contribution >= 0.6 is 11.6 Å². The normalized spacial score (nSPS) is 20.7. The number of nitrogens with zero attached hydrogens (tertiary/aromatic N) is 2. The smallest absolute Gasteiger partial charge is 0.254 e. The average molecular weight is 544 g/mol. The highest BCUT2D eigenvalue weighted by Gasteiger charge is 2.56. The van der Waals surface area contributed by atoms with Crippen LogP contribution in [0.2, 0.25) is 5.02 Å². The molecule has 3 aromatic carbocycles. The standard InChI is InChI=1S/C31H30ClN3O4/c1-31-29-27(22-7-4-5-9-24(22)33-29)23(21-8-6-10-25(38-2)28(21)39-3)17-35(31)26(36)18-34(30(31)37)16-15-19-11-13-20(32)14-12-19/h4-14,23,33H,15-18H2,1-3H3. The number of carbonyl (C=O) groups excluding carboxylic acids is 2. The third-order valence-corrected chi connectivity index (χ3v) is 8.46. The predicted octanol–water partition coefficient (Wildman–Crippen LogP) is 5.11. The van der Waals surface area contributed by atoms with Gasteiger partial charge in [0.1, 0.15) is 0 Å². The number of hydrogen-bond acceptors (Lipinski definition) is 4. The molecule has 0 saturated carbocycles. The second-order valence-electron chi connectivity index (χ2n) is 10.3. The maximum atomic E-state index is 14.3. The minimum absolute atomic E-state index is 0.0412. The number of amides is 2. The van der Waals surface area contributed by atoms with E-state index in [1.54, 1.807) is 24.0 Å². The van der Waals surface area contributed by atoms with Crippen LogP contribution in [-0.2, 0) is 21.5 Å². The van der Waals surface area contributed by atoms with Crippen LogP contribution in [0.4, 0.5) is 0 Å². The molecule has 2 amide bonds. The molecule has 39 heavy (non-hydrogen) atoms. The van der Waals surface area contributed by atoms with E-state index < -0.39 is 5.54 Å². The fourth-order valence-corrected chi connectivity index (χ4v) is 6.36. The van der Waals surface area contributed by atoms with Crippen molar-refractivity contribution in [1.29, 1.82) is 0 Å². The summed E-state index contributed by atoms with van der Waals surface area (Å²) in [5.41, 5.74) is 3.50. The van der Waals surface area contributed by atoms with E-state index in [4.69, 9.17) is 21.1 Å². The Morgan fingerprint density at radius 3 is 2.51 bits per heavy atom. The summed E-state index contributed by atoms with van der Waals surface area (Å²) >= 11 is 6.04. The number of methoxy groups -OCH3 is 2. The summed E-state index contributed by atoms with van der Waals surface area (Å²) in [5.74, 6) is 0.875. The molecule has 8 heteroatoms. The molecular formula is C31H30ClN3O4. The van der Waals surface area contributed by atoms with Crippen molar-refractivity contribution in [3.63, 3.8) is 0 Å². The van der Waals surface area contributed by atoms with Gasteiger partial charge in [-0.2, -0.15) is 0 Å². The lowest BCUT2D eigenvalue weighted by Gasteiger charge is -2.51. The minimum atomic E-state index is -1.16. The zero-order chi connectivity index (χ0) is 27.3. The van der Waals surface area contributed by atoms with E-state index in [1.807, 2.05) is 67.6 Å². The first-order valence-corrected chi connectivity index (χ1v) is 13.4. The largest absolute Gasteiger partial charge is 0.493 e. The van der Waals surface area contributed by atoms with E-state index in [0.717, 1.165) is 33.3 Å². The van der Waals surface area contributed by atoms with Gasteiger partial charge >= 0.3 is 0 Å². The van der Waals surface area contributed by atoms with E-state index >= 15 is 0 Å². The van der Waals surface area contributed by atoms with E-state index in [0.29, 0.717) is 36.0 Å². The first-order valence-electron chi connectivity index (χ1n) is 13.0. The van der Waals surface area contributed by atoms with Crippen LogP contribution in [0, 0.1) is 0 Å². The van der Waals surface area contributed by atoms with Gasteiger partial charge in [0.15, 0.2) is 17.0 Å². The van der Waals surface area contributed by atoms with Gasteiger partial charge in [-0.25, -0.2) is 0 Å². The number of piperazine rings is 1. The van der Waals surface area contributed by atoms with Crippen LogP contribution in [-0.4, -0.2) is 60.5 Å². The van der Waals surface area contributed by atoms with Crippen LogP contribution in [0.3, 0.4) is 0 Å². The van der Waals surface area contributed by atoms with E-state index in [-0.39, 0.29) is 24.3 Å². The number of ether oxygens (including phenoxy) is 2. The van der Waals surface area contributed by atoms with E-state index in [9.17, 15) is 9.59 Å². The Kier molecular flexibility index (Phi) is 6.26. The lowest BCUT2D eigenvalue weighted by Crippen LogP contribution is -2.67. The van der Waals surface area contributed by atoms with Crippen molar-refractivity contribution in [2.24, 2.45) is 0 Å². The molecule has 7 nitrogen and oxygen atoms in total. The Hall–Kier alpha value is -3.97. The molecule has 4 aromatic rings. The molecule has 2 atom stereocenters. The van der Waals surface area contributed by atoms with Gasteiger partial charge in [-0.15, -0.1) is 0 Å². The molecule has 200 valence electrons. The van der Waals surface area contributed by atoms with Gasteiger partial charge in [-0.1, -0.05) is 54.1 Å². The Labute approximate surface area is 232 Å². The fourth-order valence-electron chi connectivity index (χ4n) is 6.24. The van der Waals surface area contributed by atoms with Crippen molar-refractivity contribution >= 4 is 34.3 Å². The second-order valence-corrected chi connectivity index (χ2v) is 10.7. The van der Waals surface area contributed by atoms with Crippen molar-refractivity contribution in [2.75, 3.05) is 33.9 Å². The number of benzene rings is 3. The Morgan fingerprint density at radius 1 is 1.00 bits per heavy atom. The lowest BCUT2D eigenvalue weighted by molar-refractivity contribution is -0.166. The summed E-state index contributed by atoms with van der Waals surface area (Å²) in [6.07, 6.45) is 0.634. The summed E-state index contributed by atoms with van der Waals surface area (Å²) < 4.78 is 11.4. The van der Waals surface area contributed by atoms with Gasteiger partial charge in [0.2, 0.25) is 5.91 Å².